The second-order valence-corrected chi connectivity index (χ2v) is 4.59. The van der Waals surface area contributed by atoms with Crippen LogP contribution in [0.15, 0.2) is 24.3 Å². The van der Waals surface area contributed by atoms with Crippen LogP contribution in [0.3, 0.4) is 0 Å². The van der Waals surface area contributed by atoms with Crippen LogP contribution in [-0.2, 0) is 4.79 Å². The van der Waals surface area contributed by atoms with Crippen molar-refractivity contribution in [1.29, 1.82) is 0 Å². The average molecular weight is 255 g/mol. The van der Waals surface area contributed by atoms with Crippen LogP contribution in [0.25, 0.3) is 0 Å². The number of nitrogens with zero attached hydrogens (tertiary/aromatic N) is 1. The molecule has 1 unspecified atom stereocenters. The Bertz CT molecular complexity index is 452. The third-order valence-electron chi connectivity index (χ3n) is 3.34. The highest BCUT2D eigenvalue weighted by molar-refractivity contribution is 5.77. The Balaban J connectivity index is 2.12. The number of benzene rings is 1. The van der Waals surface area contributed by atoms with Crippen molar-refractivity contribution in [2.45, 2.75) is 24.9 Å². The molecule has 0 spiro atoms. The van der Waals surface area contributed by atoms with Crippen molar-refractivity contribution in [2.75, 3.05) is 18.0 Å². The third kappa shape index (κ3) is 2.60. The zero-order chi connectivity index (χ0) is 13.2. The second kappa shape index (κ2) is 4.92. The van der Waals surface area contributed by atoms with E-state index in [-0.39, 0.29) is 25.2 Å². The lowest BCUT2D eigenvalue weighted by Gasteiger charge is -2.23. The Morgan fingerprint density at radius 2 is 2.11 bits per heavy atom. The molecule has 1 aromatic carbocycles. The lowest BCUT2D eigenvalue weighted by molar-refractivity contribution is -0.151. The van der Waals surface area contributed by atoms with Gasteiger partial charge in [-0.15, -0.1) is 0 Å². The Kier molecular flexibility index (Phi) is 3.50. The van der Waals surface area contributed by atoms with Gasteiger partial charge < -0.3 is 10.0 Å². The number of hydrogen-bond donors (Lipinski definition) is 1. The van der Waals surface area contributed by atoms with Crippen molar-refractivity contribution in [2.24, 2.45) is 0 Å². The van der Waals surface area contributed by atoms with Gasteiger partial charge in [0, 0.05) is 25.2 Å². The average Bonchev–Trinajstić information content (AvgIpc) is 2.52. The minimum absolute atomic E-state index is 0.00808. The highest BCUT2D eigenvalue weighted by Crippen LogP contribution is 2.29. The normalized spacial score (nSPS) is 24.7. The summed E-state index contributed by atoms with van der Waals surface area (Å²) in [5, 5.41) is 8.87. The van der Waals surface area contributed by atoms with Crippen molar-refractivity contribution in [3.63, 3.8) is 0 Å². The maximum absolute atomic E-state index is 14.0. The van der Waals surface area contributed by atoms with Gasteiger partial charge in [-0.05, 0) is 31.0 Å². The van der Waals surface area contributed by atoms with Crippen molar-refractivity contribution >= 4 is 11.7 Å². The first-order chi connectivity index (χ1) is 8.51. The fourth-order valence-electron chi connectivity index (χ4n) is 2.24. The maximum atomic E-state index is 14.0. The van der Waals surface area contributed by atoms with Crippen LogP contribution in [0.4, 0.5) is 14.5 Å². The number of aliphatic carboxylic acids is 1. The molecule has 0 radical (unpaired) electrons. The van der Waals surface area contributed by atoms with Gasteiger partial charge in [0.1, 0.15) is 5.82 Å². The van der Waals surface area contributed by atoms with Crippen LogP contribution in [-0.4, -0.2) is 29.8 Å². The largest absolute Gasteiger partial charge is 0.479 e. The summed E-state index contributed by atoms with van der Waals surface area (Å²) in [4.78, 5) is 12.7. The molecule has 1 aliphatic heterocycles. The van der Waals surface area contributed by atoms with Gasteiger partial charge in [-0.3, -0.25) is 0 Å². The molecule has 0 aromatic heterocycles. The van der Waals surface area contributed by atoms with E-state index in [1.54, 1.807) is 12.1 Å². The van der Waals surface area contributed by atoms with Crippen molar-refractivity contribution in [3.8, 4) is 0 Å². The van der Waals surface area contributed by atoms with Gasteiger partial charge >= 0.3 is 5.97 Å². The number of hydrogen-bond acceptors (Lipinski definition) is 2. The number of carboxylic acid groups (broad SMARTS) is 1. The van der Waals surface area contributed by atoms with E-state index in [2.05, 4.69) is 0 Å². The van der Waals surface area contributed by atoms with Gasteiger partial charge in [0.15, 0.2) is 0 Å². The molecule has 2 rings (SSSR count). The van der Waals surface area contributed by atoms with E-state index < -0.39 is 11.6 Å². The molecule has 0 saturated carbocycles. The first-order valence-electron chi connectivity index (χ1n) is 5.94. The molecule has 1 aliphatic rings. The Hall–Kier alpha value is -1.65. The van der Waals surface area contributed by atoms with E-state index in [1.807, 2.05) is 4.90 Å². The van der Waals surface area contributed by atoms with Crippen LogP contribution in [0.5, 0.6) is 0 Å². The summed E-state index contributed by atoms with van der Waals surface area (Å²) >= 11 is 0. The van der Waals surface area contributed by atoms with E-state index in [1.165, 1.54) is 12.1 Å². The number of alkyl halides is 1. The summed E-state index contributed by atoms with van der Waals surface area (Å²) in [6.45, 7) is 0.828. The summed E-state index contributed by atoms with van der Waals surface area (Å²) in [6, 6.07) is 6.06. The van der Waals surface area contributed by atoms with Gasteiger partial charge in [0.25, 0.3) is 0 Å². The van der Waals surface area contributed by atoms with Gasteiger partial charge in [0.2, 0.25) is 5.67 Å². The lowest BCUT2D eigenvalue weighted by atomic mass is 9.97. The minimum Gasteiger partial charge on any atom is -0.479 e. The molecular weight excluding hydrogens is 240 g/mol. The third-order valence-corrected chi connectivity index (χ3v) is 3.34. The highest BCUT2D eigenvalue weighted by atomic mass is 19.1. The Morgan fingerprint density at radius 1 is 1.33 bits per heavy atom. The molecule has 3 nitrogen and oxygen atoms in total. The predicted octanol–water partition coefficient (Wildman–Crippen LogP) is 2.61. The van der Waals surface area contributed by atoms with Crippen LogP contribution >= 0.6 is 0 Å². The molecule has 1 fully saturated rings. The molecule has 0 amide bonds. The van der Waals surface area contributed by atoms with Crippen molar-refractivity contribution < 1.29 is 18.7 Å². The van der Waals surface area contributed by atoms with E-state index >= 15 is 0 Å². The molecule has 0 aliphatic carbocycles. The topological polar surface area (TPSA) is 40.5 Å². The van der Waals surface area contributed by atoms with E-state index in [9.17, 15) is 13.6 Å². The number of carbonyl (C=O) groups is 1. The molecule has 1 aromatic rings. The van der Waals surface area contributed by atoms with Crippen molar-refractivity contribution in [3.05, 3.63) is 30.1 Å². The monoisotopic (exact) mass is 255 g/mol. The van der Waals surface area contributed by atoms with Crippen LogP contribution in [0, 0.1) is 5.82 Å². The van der Waals surface area contributed by atoms with Crippen LogP contribution < -0.4 is 4.90 Å². The van der Waals surface area contributed by atoms with Gasteiger partial charge in [-0.2, -0.15) is 0 Å². The maximum Gasteiger partial charge on any atom is 0.341 e. The van der Waals surface area contributed by atoms with Crippen LogP contribution in [0.1, 0.15) is 19.3 Å². The molecule has 1 N–H and O–H groups in total. The van der Waals surface area contributed by atoms with E-state index in [0.717, 1.165) is 0 Å². The number of halogens is 2. The molecule has 0 bridgehead atoms. The van der Waals surface area contributed by atoms with Gasteiger partial charge in [-0.1, -0.05) is 6.07 Å². The summed E-state index contributed by atoms with van der Waals surface area (Å²) in [5.41, 5.74) is -1.48. The zero-order valence-corrected chi connectivity index (χ0v) is 9.90. The summed E-state index contributed by atoms with van der Waals surface area (Å²) in [7, 11) is 0. The van der Waals surface area contributed by atoms with E-state index in [4.69, 9.17) is 5.11 Å². The molecule has 1 atom stereocenters. The first kappa shape index (κ1) is 12.8. The van der Waals surface area contributed by atoms with Crippen LogP contribution in [0.2, 0.25) is 0 Å². The quantitative estimate of drug-likeness (QED) is 0.883. The highest BCUT2D eigenvalue weighted by Gasteiger charge is 2.40. The molecule has 18 heavy (non-hydrogen) atoms. The first-order valence-corrected chi connectivity index (χ1v) is 5.94. The standard InChI is InChI=1S/C13H15F2NO2/c14-10-3-1-4-11(9-10)16-7-2-5-13(15,6-8-16)12(17)18/h1,3-4,9H,2,5-8H2,(H,17,18). The molecule has 1 heterocycles. The predicted molar refractivity (Wildman–Crippen MR) is 63.9 cm³/mol. The fourth-order valence-corrected chi connectivity index (χ4v) is 2.24. The van der Waals surface area contributed by atoms with E-state index in [0.29, 0.717) is 18.7 Å². The van der Waals surface area contributed by atoms with Gasteiger partial charge in [-0.25, -0.2) is 13.6 Å². The van der Waals surface area contributed by atoms with Crippen molar-refractivity contribution in [1.82, 2.24) is 0 Å². The zero-order valence-electron chi connectivity index (χ0n) is 9.90. The number of rotatable bonds is 2. The summed E-state index contributed by atoms with van der Waals surface area (Å²) in [6.07, 6.45) is 0.381. The SMILES string of the molecule is O=C(O)C1(F)CCCN(c2cccc(F)c2)CC1. The molecular formula is C13H15F2NO2. The summed E-state index contributed by atoms with van der Waals surface area (Å²) in [5.74, 6) is -1.75. The van der Waals surface area contributed by atoms with Gasteiger partial charge in [0.05, 0.1) is 0 Å². The Labute approximate surface area is 104 Å². The molecule has 5 heteroatoms. The second-order valence-electron chi connectivity index (χ2n) is 4.59. The minimum atomic E-state index is -2.15. The Morgan fingerprint density at radius 3 is 2.78 bits per heavy atom. The fraction of sp³-hybridized carbons (Fsp3) is 0.462. The number of carboxylic acids is 1. The lowest BCUT2D eigenvalue weighted by Crippen LogP contribution is -2.35. The molecule has 1 saturated heterocycles. The smallest absolute Gasteiger partial charge is 0.341 e. The molecule has 98 valence electrons. The summed E-state index contributed by atoms with van der Waals surface area (Å²) < 4.78 is 27.1. The number of anilines is 1.